The molecule has 2 rings (SSSR count). The molecular formula is C16H21N3O3. The lowest BCUT2D eigenvalue weighted by atomic mass is 10.1. The summed E-state index contributed by atoms with van der Waals surface area (Å²) in [5.74, 6) is 0. The van der Waals surface area contributed by atoms with E-state index in [1.54, 1.807) is 20.4 Å². The second-order valence-corrected chi connectivity index (χ2v) is 5.27. The van der Waals surface area contributed by atoms with Crippen molar-refractivity contribution in [2.45, 2.75) is 19.7 Å². The van der Waals surface area contributed by atoms with Gasteiger partial charge in [-0.05, 0) is 11.1 Å². The summed E-state index contributed by atoms with van der Waals surface area (Å²) >= 11 is 0. The SMILES string of the molecule is COCc1cccc(CNCc2cn(C)c(=O)n(C)c2=O)c1. The molecule has 6 nitrogen and oxygen atoms in total. The van der Waals surface area contributed by atoms with Crippen molar-refractivity contribution < 1.29 is 4.74 Å². The molecule has 0 saturated carbocycles. The summed E-state index contributed by atoms with van der Waals surface area (Å²) in [7, 11) is 4.79. The number of hydrogen-bond acceptors (Lipinski definition) is 4. The minimum Gasteiger partial charge on any atom is -0.380 e. The van der Waals surface area contributed by atoms with Crippen molar-refractivity contribution in [3.63, 3.8) is 0 Å². The van der Waals surface area contributed by atoms with Crippen LogP contribution >= 0.6 is 0 Å². The Kier molecular flexibility index (Phi) is 5.30. The van der Waals surface area contributed by atoms with Crippen molar-refractivity contribution >= 4 is 0 Å². The van der Waals surface area contributed by atoms with Gasteiger partial charge in [-0.25, -0.2) is 4.79 Å². The smallest absolute Gasteiger partial charge is 0.330 e. The van der Waals surface area contributed by atoms with Crippen LogP contribution in [0.25, 0.3) is 0 Å². The molecule has 1 N–H and O–H groups in total. The molecule has 0 fully saturated rings. The minimum absolute atomic E-state index is 0.260. The van der Waals surface area contributed by atoms with Crippen LogP contribution < -0.4 is 16.6 Å². The highest BCUT2D eigenvalue weighted by molar-refractivity contribution is 5.23. The number of aryl methyl sites for hydroxylation is 1. The van der Waals surface area contributed by atoms with Crippen LogP contribution in [0.2, 0.25) is 0 Å². The summed E-state index contributed by atoms with van der Waals surface area (Å²) in [4.78, 5) is 23.6. The quantitative estimate of drug-likeness (QED) is 0.845. The first kappa shape index (κ1) is 16.2. The van der Waals surface area contributed by atoms with E-state index in [1.807, 2.05) is 18.2 Å². The van der Waals surface area contributed by atoms with Crippen molar-refractivity contribution in [3.8, 4) is 0 Å². The fourth-order valence-electron chi connectivity index (χ4n) is 2.34. The fraction of sp³-hybridized carbons (Fsp3) is 0.375. The maximum absolute atomic E-state index is 12.0. The molecule has 0 aliphatic carbocycles. The van der Waals surface area contributed by atoms with Gasteiger partial charge in [-0.15, -0.1) is 0 Å². The number of nitrogens with zero attached hydrogens (tertiary/aromatic N) is 2. The Labute approximate surface area is 129 Å². The predicted octanol–water partition coefficient (Wildman–Crippen LogP) is 0.520. The molecule has 22 heavy (non-hydrogen) atoms. The summed E-state index contributed by atoms with van der Waals surface area (Å²) < 4.78 is 7.65. The first-order valence-electron chi connectivity index (χ1n) is 7.06. The Morgan fingerprint density at radius 1 is 1.14 bits per heavy atom. The Bertz CT molecular complexity index is 762. The van der Waals surface area contributed by atoms with Gasteiger partial charge in [0.2, 0.25) is 0 Å². The van der Waals surface area contributed by atoms with Gasteiger partial charge in [0.05, 0.1) is 6.61 Å². The molecule has 0 aliphatic rings. The highest BCUT2D eigenvalue weighted by Gasteiger charge is 2.06. The molecule has 118 valence electrons. The second-order valence-electron chi connectivity index (χ2n) is 5.27. The number of benzene rings is 1. The predicted molar refractivity (Wildman–Crippen MR) is 84.6 cm³/mol. The van der Waals surface area contributed by atoms with Crippen LogP contribution in [-0.4, -0.2) is 16.2 Å². The van der Waals surface area contributed by atoms with Crippen LogP contribution in [0.1, 0.15) is 16.7 Å². The molecule has 0 unspecified atom stereocenters. The molecule has 1 aromatic heterocycles. The fourth-order valence-corrected chi connectivity index (χ4v) is 2.34. The number of methoxy groups -OCH3 is 1. The lowest BCUT2D eigenvalue weighted by Crippen LogP contribution is -2.39. The van der Waals surface area contributed by atoms with Gasteiger partial charge in [-0.3, -0.25) is 9.36 Å². The highest BCUT2D eigenvalue weighted by atomic mass is 16.5. The van der Waals surface area contributed by atoms with E-state index in [1.165, 1.54) is 11.6 Å². The van der Waals surface area contributed by atoms with Crippen molar-refractivity contribution in [3.05, 3.63) is 68.0 Å². The van der Waals surface area contributed by atoms with Crippen LogP contribution in [-0.2, 0) is 38.5 Å². The summed E-state index contributed by atoms with van der Waals surface area (Å²) in [5.41, 5.74) is 2.22. The van der Waals surface area contributed by atoms with Crippen LogP contribution in [0.4, 0.5) is 0 Å². The van der Waals surface area contributed by atoms with Gasteiger partial charge >= 0.3 is 5.69 Å². The molecule has 0 radical (unpaired) electrons. The molecule has 0 bridgehead atoms. The summed E-state index contributed by atoms with van der Waals surface area (Å²) in [6.45, 7) is 1.63. The van der Waals surface area contributed by atoms with E-state index in [4.69, 9.17) is 4.74 Å². The zero-order valence-electron chi connectivity index (χ0n) is 13.1. The Balaban J connectivity index is 2.04. The highest BCUT2D eigenvalue weighted by Crippen LogP contribution is 2.06. The van der Waals surface area contributed by atoms with Crippen LogP contribution in [0.5, 0.6) is 0 Å². The normalized spacial score (nSPS) is 10.9. The average molecular weight is 303 g/mol. The summed E-state index contributed by atoms with van der Waals surface area (Å²) in [6, 6.07) is 8.08. The first-order valence-corrected chi connectivity index (χ1v) is 7.06. The van der Waals surface area contributed by atoms with Gasteiger partial charge in [-0.1, -0.05) is 24.3 Å². The topological polar surface area (TPSA) is 65.3 Å². The van der Waals surface area contributed by atoms with E-state index in [0.29, 0.717) is 25.3 Å². The molecule has 0 saturated heterocycles. The van der Waals surface area contributed by atoms with Crippen molar-refractivity contribution in [1.29, 1.82) is 0 Å². The third-order valence-corrected chi connectivity index (χ3v) is 3.46. The van der Waals surface area contributed by atoms with Crippen LogP contribution in [0, 0.1) is 0 Å². The lowest BCUT2D eigenvalue weighted by molar-refractivity contribution is 0.185. The van der Waals surface area contributed by atoms with Gasteiger partial charge in [0.25, 0.3) is 5.56 Å². The zero-order valence-corrected chi connectivity index (χ0v) is 13.1. The number of hydrogen-bond donors (Lipinski definition) is 1. The lowest BCUT2D eigenvalue weighted by Gasteiger charge is -2.09. The van der Waals surface area contributed by atoms with E-state index in [2.05, 4.69) is 11.4 Å². The molecule has 0 aliphatic heterocycles. The number of aromatic nitrogens is 2. The van der Waals surface area contributed by atoms with Gasteiger partial charge in [0.15, 0.2) is 0 Å². The largest absolute Gasteiger partial charge is 0.380 e. The first-order chi connectivity index (χ1) is 10.5. The average Bonchev–Trinajstić information content (AvgIpc) is 2.51. The van der Waals surface area contributed by atoms with E-state index in [-0.39, 0.29) is 11.2 Å². The minimum atomic E-state index is -0.319. The van der Waals surface area contributed by atoms with Crippen LogP contribution in [0.3, 0.4) is 0 Å². The van der Waals surface area contributed by atoms with E-state index >= 15 is 0 Å². The second kappa shape index (κ2) is 7.20. The summed E-state index contributed by atoms with van der Waals surface area (Å²) in [5, 5.41) is 3.23. The van der Waals surface area contributed by atoms with E-state index in [0.717, 1.165) is 15.7 Å². The van der Waals surface area contributed by atoms with Gasteiger partial charge < -0.3 is 14.6 Å². The van der Waals surface area contributed by atoms with Gasteiger partial charge in [0.1, 0.15) is 0 Å². The number of ether oxygens (including phenoxy) is 1. The molecule has 0 spiro atoms. The van der Waals surface area contributed by atoms with Gasteiger partial charge in [0, 0.05) is 46.1 Å². The van der Waals surface area contributed by atoms with Gasteiger partial charge in [-0.2, -0.15) is 0 Å². The number of rotatable bonds is 6. The van der Waals surface area contributed by atoms with Crippen molar-refractivity contribution in [1.82, 2.24) is 14.5 Å². The monoisotopic (exact) mass is 303 g/mol. The third-order valence-electron chi connectivity index (χ3n) is 3.46. The van der Waals surface area contributed by atoms with E-state index < -0.39 is 0 Å². The zero-order chi connectivity index (χ0) is 16.1. The Morgan fingerprint density at radius 2 is 1.86 bits per heavy atom. The molecule has 2 aromatic rings. The van der Waals surface area contributed by atoms with Crippen molar-refractivity contribution in [2.75, 3.05) is 7.11 Å². The third kappa shape index (κ3) is 3.72. The van der Waals surface area contributed by atoms with E-state index in [9.17, 15) is 9.59 Å². The molecule has 0 atom stereocenters. The van der Waals surface area contributed by atoms with Crippen molar-refractivity contribution in [2.24, 2.45) is 14.1 Å². The maximum atomic E-state index is 12.0. The standard InChI is InChI=1S/C16H21N3O3/c1-18-10-14(15(20)19(2)16(18)21)9-17-8-12-5-4-6-13(7-12)11-22-3/h4-7,10,17H,8-9,11H2,1-3H3. The Morgan fingerprint density at radius 3 is 2.59 bits per heavy atom. The molecule has 1 aromatic carbocycles. The maximum Gasteiger partial charge on any atom is 0.330 e. The number of nitrogens with one attached hydrogen (secondary N) is 1. The molecule has 0 amide bonds. The molecule has 6 heteroatoms. The molecular weight excluding hydrogens is 282 g/mol. The molecule has 1 heterocycles. The Hall–Kier alpha value is -2.18. The van der Waals surface area contributed by atoms with Crippen LogP contribution in [0.15, 0.2) is 40.1 Å². The summed E-state index contributed by atoms with van der Waals surface area (Å²) in [6.07, 6.45) is 1.58.